The molecule has 0 saturated carbocycles. The van der Waals surface area contributed by atoms with E-state index in [2.05, 4.69) is 5.32 Å². The van der Waals surface area contributed by atoms with Gasteiger partial charge in [-0.05, 0) is 43.3 Å². The Morgan fingerprint density at radius 1 is 1.19 bits per heavy atom. The fourth-order valence-electron chi connectivity index (χ4n) is 1.86. The standard InChI is InChI=1S/C16H16ClNO3/c1-3-21-15-9-11(7-8-14(15)20-2)16(19)18-13-6-4-5-12(17)10-13/h4-10H,3H2,1-2H3,(H,18,19). The highest BCUT2D eigenvalue weighted by molar-refractivity contribution is 6.30. The minimum Gasteiger partial charge on any atom is -0.493 e. The third kappa shape index (κ3) is 3.89. The van der Waals surface area contributed by atoms with Crippen LogP contribution in [0.1, 0.15) is 17.3 Å². The first kappa shape index (κ1) is 15.2. The monoisotopic (exact) mass is 305 g/mol. The van der Waals surface area contributed by atoms with Crippen LogP contribution in [0.15, 0.2) is 42.5 Å². The molecule has 2 rings (SSSR count). The van der Waals surface area contributed by atoms with Gasteiger partial charge in [0.05, 0.1) is 13.7 Å². The van der Waals surface area contributed by atoms with E-state index in [1.54, 1.807) is 49.6 Å². The summed E-state index contributed by atoms with van der Waals surface area (Å²) in [6.07, 6.45) is 0. The number of ether oxygens (including phenoxy) is 2. The van der Waals surface area contributed by atoms with Crippen LogP contribution in [0.2, 0.25) is 5.02 Å². The van der Waals surface area contributed by atoms with Crippen LogP contribution in [-0.4, -0.2) is 19.6 Å². The minimum atomic E-state index is -0.235. The van der Waals surface area contributed by atoms with Gasteiger partial charge in [-0.3, -0.25) is 4.79 Å². The molecule has 1 N–H and O–H groups in total. The molecular weight excluding hydrogens is 290 g/mol. The molecule has 0 aliphatic heterocycles. The predicted octanol–water partition coefficient (Wildman–Crippen LogP) is 4.00. The van der Waals surface area contributed by atoms with E-state index >= 15 is 0 Å². The number of amides is 1. The third-order valence-corrected chi connectivity index (χ3v) is 3.04. The lowest BCUT2D eigenvalue weighted by Crippen LogP contribution is -2.12. The Kier molecular flexibility index (Phi) is 5.06. The maximum atomic E-state index is 12.2. The lowest BCUT2D eigenvalue weighted by Gasteiger charge is -2.11. The highest BCUT2D eigenvalue weighted by Gasteiger charge is 2.11. The van der Waals surface area contributed by atoms with E-state index in [1.807, 2.05) is 6.92 Å². The van der Waals surface area contributed by atoms with Crippen molar-refractivity contribution in [3.05, 3.63) is 53.1 Å². The van der Waals surface area contributed by atoms with E-state index in [9.17, 15) is 4.79 Å². The molecule has 0 saturated heterocycles. The normalized spacial score (nSPS) is 10.0. The van der Waals surface area contributed by atoms with E-state index < -0.39 is 0 Å². The number of anilines is 1. The van der Waals surface area contributed by atoms with Crippen LogP contribution in [0.4, 0.5) is 5.69 Å². The van der Waals surface area contributed by atoms with Gasteiger partial charge in [0.2, 0.25) is 0 Å². The average molecular weight is 306 g/mol. The number of hydrogen-bond donors (Lipinski definition) is 1. The van der Waals surface area contributed by atoms with Crippen LogP contribution in [0.5, 0.6) is 11.5 Å². The van der Waals surface area contributed by atoms with E-state index in [4.69, 9.17) is 21.1 Å². The maximum Gasteiger partial charge on any atom is 0.255 e. The van der Waals surface area contributed by atoms with Crippen LogP contribution in [-0.2, 0) is 0 Å². The molecule has 0 fully saturated rings. The third-order valence-electron chi connectivity index (χ3n) is 2.81. The van der Waals surface area contributed by atoms with Crippen LogP contribution in [0.3, 0.4) is 0 Å². The van der Waals surface area contributed by atoms with Crippen molar-refractivity contribution in [1.82, 2.24) is 0 Å². The maximum absolute atomic E-state index is 12.2. The number of hydrogen-bond acceptors (Lipinski definition) is 3. The van der Waals surface area contributed by atoms with Gasteiger partial charge in [-0.2, -0.15) is 0 Å². The molecule has 0 spiro atoms. The molecule has 2 aromatic carbocycles. The first-order chi connectivity index (χ1) is 10.1. The van der Waals surface area contributed by atoms with E-state index in [1.165, 1.54) is 0 Å². The number of methoxy groups -OCH3 is 1. The largest absolute Gasteiger partial charge is 0.493 e. The fraction of sp³-hybridized carbons (Fsp3) is 0.188. The van der Waals surface area contributed by atoms with Crippen LogP contribution < -0.4 is 14.8 Å². The molecule has 4 nitrogen and oxygen atoms in total. The summed E-state index contributed by atoms with van der Waals surface area (Å²) in [6, 6.07) is 12.0. The van der Waals surface area contributed by atoms with Crippen molar-refractivity contribution < 1.29 is 14.3 Å². The molecule has 0 aliphatic rings. The number of benzene rings is 2. The van der Waals surface area contributed by atoms with Gasteiger partial charge >= 0.3 is 0 Å². The first-order valence-corrected chi connectivity index (χ1v) is 6.89. The number of carbonyl (C=O) groups is 1. The van der Waals surface area contributed by atoms with Gasteiger partial charge < -0.3 is 14.8 Å². The topological polar surface area (TPSA) is 47.6 Å². The smallest absolute Gasteiger partial charge is 0.255 e. The lowest BCUT2D eigenvalue weighted by atomic mass is 10.2. The highest BCUT2D eigenvalue weighted by Crippen LogP contribution is 2.28. The van der Waals surface area contributed by atoms with Crippen LogP contribution >= 0.6 is 11.6 Å². The van der Waals surface area contributed by atoms with Gasteiger partial charge in [0, 0.05) is 16.3 Å². The zero-order chi connectivity index (χ0) is 15.2. The van der Waals surface area contributed by atoms with Crippen molar-refractivity contribution in [2.45, 2.75) is 6.92 Å². The fourth-order valence-corrected chi connectivity index (χ4v) is 2.05. The Bertz CT molecular complexity index is 643. The number of rotatable bonds is 5. The highest BCUT2D eigenvalue weighted by atomic mass is 35.5. The zero-order valence-electron chi connectivity index (χ0n) is 11.9. The summed E-state index contributed by atoms with van der Waals surface area (Å²) in [4.78, 5) is 12.2. The molecule has 0 atom stereocenters. The van der Waals surface area contributed by atoms with Crippen molar-refractivity contribution in [3.63, 3.8) is 0 Å². The molecule has 0 aromatic heterocycles. The molecule has 0 aliphatic carbocycles. The number of halogens is 1. The van der Waals surface area contributed by atoms with Crippen LogP contribution in [0, 0.1) is 0 Å². The van der Waals surface area contributed by atoms with Crippen molar-refractivity contribution in [2.75, 3.05) is 19.0 Å². The Balaban J connectivity index is 2.21. The summed E-state index contributed by atoms with van der Waals surface area (Å²) in [7, 11) is 1.56. The number of carbonyl (C=O) groups excluding carboxylic acids is 1. The predicted molar refractivity (Wildman–Crippen MR) is 83.6 cm³/mol. The molecule has 21 heavy (non-hydrogen) atoms. The molecule has 0 heterocycles. The van der Waals surface area contributed by atoms with Crippen molar-refractivity contribution in [3.8, 4) is 11.5 Å². The van der Waals surface area contributed by atoms with Crippen LogP contribution in [0.25, 0.3) is 0 Å². The Labute approximate surface area is 128 Å². The quantitative estimate of drug-likeness (QED) is 0.908. The molecule has 0 unspecified atom stereocenters. The second-order valence-electron chi connectivity index (χ2n) is 4.26. The van der Waals surface area contributed by atoms with Gasteiger partial charge in [-0.1, -0.05) is 17.7 Å². The summed E-state index contributed by atoms with van der Waals surface area (Å²) in [5.41, 5.74) is 1.13. The van der Waals surface area contributed by atoms with Crippen molar-refractivity contribution in [2.24, 2.45) is 0 Å². The summed E-state index contributed by atoms with van der Waals surface area (Å²) >= 11 is 5.89. The molecule has 0 bridgehead atoms. The average Bonchev–Trinajstić information content (AvgIpc) is 2.47. The lowest BCUT2D eigenvalue weighted by molar-refractivity contribution is 0.102. The second kappa shape index (κ2) is 6.99. The Hall–Kier alpha value is -2.20. The molecule has 110 valence electrons. The van der Waals surface area contributed by atoms with Crippen molar-refractivity contribution in [1.29, 1.82) is 0 Å². The molecule has 5 heteroatoms. The Morgan fingerprint density at radius 3 is 2.67 bits per heavy atom. The summed E-state index contributed by atoms with van der Waals surface area (Å²) in [5, 5.41) is 3.35. The first-order valence-electron chi connectivity index (χ1n) is 6.51. The number of nitrogens with one attached hydrogen (secondary N) is 1. The zero-order valence-corrected chi connectivity index (χ0v) is 12.6. The van der Waals surface area contributed by atoms with Crippen molar-refractivity contribution >= 4 is 23.2 Å². The summed E-state index contributed by atoms with van der Waals surface area (Å²) in [6.45, 7) is 2.37. The van der Waals surface area contributed by atoms with Gasteiger partial charge in [0.1, 0.15) is 0 Å². The van der Waals surface area contributed by atoms with E-state index in [0.717, 1.165) is 0 Å². The molecule has 0 radical (unpaired) electrons. The molecule has 2 aromatic rings. The second-order valence-corrected chi connectivity index (χ2v) is 4.70. The molecule has 1 amide bonds. The van der Waals surface area contributed by atoms with E-state index in [-0.39, 0.29) is 5.91 Å². The van der Waals surface area contributed by atoms with Gasteiger partial charge in [-0.15, -0.1) is 0 Å². The summed E-state index contributed by atoms with van der Waals surface area (Å²) < 4.78 is 10.7. The molecular formula is C16H16ClNO3. The summed E-state index contributed by atoms with van der Waals surface area (Å²) in [5.74, 6) is 0.899. The van der Waals surface area contributed by atoms with Gasteiger partial charge in [-0.25, -0.2) is 0 Å². The van der Waals surface area contributed by atoms with E-state index in [0.29, 0.717) is 34.4 Å². The van der Waals surface area contributed by atoms with Gasteiger partial charge in [0.25, 0.3) is 5.91 Å². The minimum absolute atomic E-state index is 0.235. The SMILES string of the molecule is CCOc1cc(C(=O)Nc2cccc(Cl)c2)ccc1OC. The van der Waals surface area contributed by atoms with Gasteiger partial charge in [0.15, 0.2) is 11.5 Å². The Morgan fingerprint density at radius 2 is 2.00 bits per heavy atom.